The molecule has 4 aromatic rings. The predicted molar refractivity (Wildman–Crippen MR) is 142 cm³/mol. The summed E-state index contributed by atoms with van der Waals surface area (Å²) in [4.78, 5) is 31.4. The summed E-state index contributed by atoms with van der Waals surface area (Å²) in [6.45, 7) is -0.127. The Kier molecular flexibility index (Phi) is 6.44. The van der Waals surface area contributed by atoms with Crippen LogP contribution in [0, 0.1) is 5.82 Å². The first kappa shape index (κ1) is 24.3. The number of nitrogens with zero attached hydrogens (tertiary/aromatic N) is 1. The number of halogens is 2. The van der Waals surface area contributed by atoms with Gasteiger partial charge in [-0.2, -0.15) is 0 Å². The minimum atomic E-state index is -1.29. The number of nitrogens with one attached hydrogen (secondary N) is 2. The van der Waals surface area contributed by atoms with Crippen LogP contribution in [0.2, 0.25) is 0 Å². The molecule has 1 saturated heterocycles. The van der Waals surface area contributed by atoms with E-state index in [4.69, 9.17) is 0 Å². The topological polar surface area (TPSA) is 65.2 Å². The second-order valence-corrected chi connectivity index (χ2v) is 10.4. The molecule has 5 nitrogen and oxygen atoms in total. The molecule has 38 heavy (non-hydrogen) atoms. The van der Waals surface area contributed by atoms with Crippen LogP contribution in [0.25, 0.3) is 10.9 Å². The largest absolute Gasteiger partial charge is 0.358 e. The quantitative estimate of drug-likeness (QED) is 0.339. The van der Waals surface area contributed by atoms with Gasteiger partial charge in [-0.25, -0.2) is 8.78 Å². The van der Waals surface area contributed by atoms with Crippen LogP contribution in [0.15, 0.2) is 78.9 Å². The monoisotopic (exact) mass is 513 g/mol. The van der Waals surface area contributed by atoms with Gasteiger partial charge in [0.25, 0.3) is 0 Å². The fourth-order valence-corrected chi connectivity index (χ4v) is 5.49. The summed E-state index contributed by atoms with van der Waals surface area (Å²) >= 11 is 0. The van der Waals surface area contributed by atoms with E-state index in [1.165, 1.54) is 11.0 Å². The smallest absolute Gasteiger partial charge is 0.243 e. The number of likely N-dealkylation sites (tertiary alicyclic amines) is 1. The van der Waals surface area contributed by atoms with Crippen molar-refractivity contribution in [2.24, 2.45) is 0 Å². The number of carbonyl (C=O) groups excluding carboxylic acids is 2. The third-order valence-electron chi connectivity index (χ3n) is 7.59. The predicted octanol–water partition coefficient (Wildman–Crippen LogP) is 5.57. The number of H-pyrrole nitrogens is 1. The first-order valence-corrected chi connectivity index (χ1v) is 13.1. The van der Waals surface area contributed by atoms with Gasteiger partial charge in [0.2, 0.25) is 11.8 Å². The third kappa shape index (κ3) is 4.93. The average Bonchev–Trinajstić information content (AvgIpc) is 3.55. The lowest BCUT2D eigenvalue weighted by Crippen LogP contribution is -2.47. The van der Waals surface area contributed by atoms with E-state index in [1.54, 1.807) is 6.07 Å². The molecule has 2 heterocycles. The molecule has 194 valence electrons. The Hall–Kier alpha value is -4.00. The summed E-state index contributed by atoms with van der Waals surface area (Å²) in [7, 11) is 0. The van der Waals surface area contributed by atoms with Crippen LogP contribution in [0.5, 0.6) is 0 Å². The highest BCUT2D eigenvalue weighted by Gasteiger charge is 2.40. The Morgan fingerprint density at radius 1 is 0.974 bits per heavy atom. The van der Waals surface area contributed by atoms with Gasteiger partial charge in [-0.05, 0) is 59.0 Å². The van der Waals surface area contributed by atoms with Gasteiger partial charge in [0, 0.05) is 17.6 Å². The van der Waals surface area contributed by atoms with Crippen molar-refractivity contribution in [2.75, 3.05) is 6.54 Å². The third-order valence-corrected chi connectivity index (χ3v) is 7.59. The van der Waals surface area contributed by atoms with Crippen molar-refractivity contribution in [3.63, 3.8) is 0 Å². The van der Waals surface area contributed by atoms with Gasteiger partial charge in [-0.15, -0.1) is 0 Å². The number of fused-ring (bicyclic) bond motifs is 1. The molecule has 0 bridgehead atoms. The van der Waals surface area contributed by atoms with Crippen molar-refractivity contribution in [3.05, 3.63) is 107 Å². The van der Waals surface area contributed by atoms with Crippen LogP contribution in [0.1, 0.15) is 53.6 Å². The lowest BCUT2D eigenvalue weighted by molar-refractivity contribution is -0.138. The van der Waals surface area contributed by atoms with Crippen LogP contribution < -0.4 is 5.32 Å². The van der Waals surface area contributed by atoms with Gasteiger partial charge >= 0.3 is 0 Å². The summed E-state index contributed by atoms with van der Waals surface area (Å²) in [5, 5.41) is 3.99. The number of carbonyl (C=O) groups is 2. The number of hydrogen-bond acceptors (Lipinski definition) is 2. The molecule has 1 saturated carbocycles. The van der Waals surface area contributed by atoms with Crippen LogP contribution in [-0.4, -0.2) is 40.5 Å². The number of hydrogen-bond donors (Lipinski definition) is 2. The van der Waals surface area contributed by atoms with Gasteiger partial charge in [0.15, 0.2) is 0 Å². The Balaban J connectivity index is 1.23. The first-order chi connectivity index (χ1) is 18.5. The van der Waals surface area contributed by atoms with Gasteiger partial charge < -0.3 is 15.2 Å². The Morgan fingerprint density at radius 2 is 1.74 bits per heavy atom. The Bertz CT molecular complexity index is 1450. The lowest BCUT2D eigenvalue weighted by atomic mass is 9.96. The minimum Gasteiger partial charge on any atom is -0.358 e. The standard InChI is InChI=1S/C31H29F2N3O2/c32-23-16-28(36(18-23)29(37)17-24-14-21-8-4-5-9-27(21)34-24)31(38)35-30(20-6-2-1-3-7-20)22-12-13-25(19-10-11-19)26(33)15-22/h1-9,12-15,19,23,28,30,34H,10-11,16-18H2,(H,35,38). The van der Waals surface area contributed by atoms with E-state index in [0.717, 1.165) is 29.3 Å². The van der Waals surface area contributed by atoms with E-state index in [0.29, 0.717) is 16.8 Å². The maximum atomic E-state index is 14.9. The molecule has 7 heteroatoms. The van der Waals surface area contributed by atoms with Gasteiger partial charge in [0.05, 0.1) is 19.0 Å². The number of rotatable bonds is 7. The summed E-state index contributed by atoms with van der Waals surface area (Å²) in [5.74, 6) is -0.769. The van der Waals surface area contributed by atoms with Crippen molar-refractivity contribution in [3.8, 4) is 0 Å². The number of aromatic nitrogens is 1. The molecular weight excluding hydrogens is 484 g/mol. The fourth-order valence-electron chi connectivity index (χ4n) is 5.49. The molecule has 1 aliphatic carbocycles. The number of aromatic amines is 1. The van der Waals surface area contributed by atoms with Gasteiger partial charge in [-0.1, -0.05) is 60.7 Å². The van der Waals surface area contributed by atoms with Crippen molar-refractivity contribution in [1.82, 2.24) is 15.2 Å². The fraction of sp³-hybridized carbons (Fsp3) is 0.290. The number of alkyl halides is 1. The molecule has 0 radical (unpaired) electrons. The zero-order chi connectivity index (χ0) is 26.2. The van der Waals surface area contributed by atoms with Crippen molar-refractivity contribution in [2.45, 2.75) is 49.9 Å². The van der Waals surface area contributed by atoms with E-state index >= 15 is 0 Å². The summed E-state index contributed by atoms with van der Waals surface area (Å²) < 4.78 is 29.5. The summed E-state index contributed by atoms with van der Waals surface area (Å²) in [5.41, 5.74) is 3.73. The molecule has 2 amide bonds. The van der Waals surface area contributed by atoms with E-state index < -0.39 is 24.2 Å². The van der Waals surface area contributed by atoms with E-state index in [1.807, 2.05) is 66.7 Å². The molecule has 3 unspecified atom stereocenters. The lowest BCUT2D eigenvalue weighted by Gasteiger charge is -2.27. The highest BCUT2D eigenvalue weighted by atomic mass is 19.1. The van der Waals surface area contributed by atoms with Crippen molar-refractivity contribution in [1.29, 1.82) is 0 Å². The molecule has 2 fully saturated rings. The van der Waals surface area contributed by atoms with Crippen molar-refractivity contribution >= 4 is 22.7 Å². The van der Waals surface area contributed by atoms with Crippen LogP contribution in [0.3, 0.4) is 0 Å². The minimum absolute atomic E-state index is 0.0428. The highest BCUT2D eigenvalue weighted by molar-refractivity contribution is 5.90. The first-order valence-electron chi connectivity index (χ1n) is 13.1. The van der Waals surface area contributed by atoms with Crippen LogP contribution >= 0.6 is 0 Å². The number of amides is 2. The normalized spacial score (nSPS) is 20.0. The maximum absolute atomic E-state index is 14.9. The SMILES string of the molecule is O=C(NC(c1ccccc1)c1ccc(C2CC2)c(F)c1)C1CC(F)CN1C(=O)Cc1cc2ccccc2[nH]1. The molecule has 3 atom stereocenters. The maximum Gasteiger partial charge on any atom is 0.243 e. The van der Waals surface area contributed by atoms with Crippen molar-refractivity contribution < 1.29 is 18.4 Å². The molecule has 2 aliphatic rings. The molecule has 6 rings (SSSR count). The second-order valence-electron chi connectivity index (χ2n) is 10.4. The van der Waals surface area contributed by atoms with E-state index in [-0.39, 0.29) is 37.0 Å². The van der Waals surface area contributed by atoms with E-state index in [9.17, 15) is 18.4 Å². The van der Waals surface area contributed by atoms with Crippen LogP contribution in [-0.2, 0) is 16.0 Å². The molecule has 0 spiro atoms. The average molecular weight is 514 g/mol. The zero-order valence-corrected chi connectivity index (χ0v) is 20.9. The number of para-hydroxylation sites is 1. The highest BCUT2D eigenvalue weighted by Crippen LogP contribution is 2.42. The second kappa shape index (κ2) is 10.0. The number of benzene rings is 3. The molecule has 3 aromatic carbocycles. The zero-order valence-electron chi connectivity index (χ0n) is 20.9. The molecule has 1 aliphatic heterocycles. The van der Waals surface area contributed by atoms with Gasteiger partial charge in [-0.3, -0.25) is 9.59 Å². The Morgan fingerprint density at radius 3 is 2.47 bits per heavy atom. The Labute approximate surface area is 219 Å². The summed E-state index contributed by atoms with van der Waals surface area (Å²) in [6.07, 6.45) is 0.664. The summed E-state index contributed by atoms with van der Waals surface area (Å²) in [6, 6.07) is 22.5. The van der Waals surface area contributed by atoms with Crippen LogP contribution in [0.4, 0.5) is 8.78 Å². The molecule has 1 aromatic heterocycles. The molecular formula is C31H29F2N3O2. The molecule has 2 N–H and O–H groups in total. The van der Waals surface area contributed by atoms with E-state index in [2.05, 4.69) is 10.3 Å². The van der Waals surface area contributed by atoms with Gasteiger partial charge in [0.1, 0.15) is 18.0 Å².